The Hall–Kier alpha value is -2.96. The number of rotatable bonds is 8. The molecule has 8 bridgehead atoms. The minimum absolute atomic E-state index is 0. The van der Waals surface area contributed by atoms with E-state index in [-0.39, 0.29) is 54.6 Å². The molecule has 2 amide bonds. The lowest BCUT2D eigenvalue weighted by molar-refractivity contribution is -0.115. The van der Waals surface area contributed by atoms with Crippen LogP contribution in [0.3, 0.4) is 0 Å². The molecule has 0 saturated heterocycles. The summed E-state index contributed by atoms with van der Waals surface area (Å²) in [5.74, 6) is 3.83. The van der Waals surface area contributed by atoms with Crippen LogP contribution in [0.5, 0.6) is 0 Å². The van der Waals surface area contributed by atoms with Crippen molar-refractivity contribution in [3.8, 4) is 0 Å². The molecule has 52 heavy (non-hydrogen) atoms. The number of nitrogens with one attached hydrogen (secondary N) is 4. The van der Waals surface area contributed by atoms with Crippen molar-refractivity contribution in [2.45, 2.75) is 112 Å². The number of sulfonamides is 2. The first-order chi connectivity index (χ1) is 22.7. The number of anilines is 2. The molecule has 14 nitrogen and oxygen atoms in total. The van der Waals surface area contributed by atoms with E-state index in [0.717, 1.165) is 38.5 Å². The van der Waals surface area contributed by atoms with E-state index in [1.54, 1.807) is 48.5 Å². The second-order valence-corrected chi connectivity index (χ2v) is 19.4. The number of carbonyl (C=O) groups excluding carboxylic acids is 2. The maximum absolute atomic E-state index is 12.9. The second kappa shape index (κ2) is 16.2. The van der Waals surface area contributed by atoms with Crippen molar-refractivity contribution in [3.63, 3.8) is 0 Å². The summed E-state index contributed by atoms with van der Waals surface area (Å²) >= 11 is 0. The lowest BCUT2D eigenvalue weighted by atomic mass is 9.53. The summed E-state index contributed by atoms with van der Waals surface area (Å²) < 4.78 is 57.5. The Labute approximate surface area is 306 Å². The van der Waals surface area contributed by atoms with Crippen LogP contribution in [-0.4, -0.2) is 61.6 Å². The van der Waals surface area contributed by atoms with E-state index in [2.05, 4.69) is 20.1 Å². The SMILES string of the molecule is CC(=O)Nc1ccc(S(=O)(=O)NC23CC4CC(CC(C4)C2)C3)cc1.CC(=O)Nc1ccc(S(=O)(=O)NC23CC4CC(CC(C4)C2)C3)cc1.O.O.O.O. The lowest BCUT2D eigenvalue weighted by Gasteiger charge is -2.56. The normalized spacial score (nSPS) is 31.7. The van der Waals surface area contributed by atoms with E-state index >= 15 is 0 Å². The molecule has 0 radical (unpaired) electrons. The van der Waals surface area contributed by atoms with E-state index in [1.165, 1.54) is 52.4 Å². The predicted octanol–water partition coefficient (Wildman–Crippen LogP) is 2.49. The first-order valence-corrected chi connectivity index (χ1v) is 20.5. The van der Waals surface area contributed by atoms with Gasteiger partial charge in [0, 0.05) is 36.3 Å². The summed E-state index contributed by atoms with van der Waals surface area (Å²) in [4.78, 5) is 22.7. The fourth-order valence-electron chi connectivity index (χ4n) is 11.0. The zero-order chi connectivity index (χ0) is 33.9. The van der Waals surface area contributed by atoms with Gasteiger partial charge in [-0.1, -0.05) is 0 Å². The van der Waals surface area contributed by atoms with E-state index in [9.17, 15) is 26.4 Å². The van der Waals surface area contributed by atoms with Gasteiger partial charge in [0.2, 0.25) is 31.9 Å². The lowest BCUT2D eigenvalue weighted by Crippen LogP contribution is -2.59. The van der Waals surface area contributed by atoms with Crippen molar-refractivity contribution < 1.29 is 48.3 Å². The molecule has 2 aromatic rings. The molecule has 0 unspecified atom stereocenters. The van der Waals surface area contributed by atoms with Crippen LogP contribution in [0.1, 0.15) is 90.9 Å². The van der Waals surface area contributed by atoms with Crippen LogP contribution in [0.15, 0.2) is 58.3 Å². The van der Waals surface area contributed by atoms with Crippen LogP contribution in [0.4, 0.5) is 11.4 Å². The highest BCUT2D eigenvalue weighted by atomic mass is 32.2. The Kier molecular flexibility index (Phi) is 13.5. The summed E-state index contributed by atoms with van der Waals surface area (Å²) in [5.41, 5.74) is 0.751. The van der Waals surface area contributed by atoms with Crippen molar-refractivity contribution in [1.29, 1.82) is 0 Å². The molecule has 8 saturated carbocycles. The third-order valence-electron chi connectivity index (χ3n) is 11.7. The van der Waals surface area contributed by atoms with Crippen molar-refractivity contribution in [3.05, 3.63) is 48.5 Å². The van der Waals surface area contributed by atoms with Crippen molar-refractivity contribution >= 4 is 43.2 Å². The Morgan fingerprint density at radius 3 is 0.923 bits per heavy atom. The summed E-state index contributed by atoms with van der Waals surface area (Å²) in [6.07, 6.45) is 13.6. The quantitative estimate of drug-likeness (QED) is 0.313. The average molecular weight is 769 g/mol. The maximum Gasteiger partial charge on any atom is 0.241 e. The average Bonchev–Trinajstić information content (AvgIpc) is 2.95. The number of hydrogen-bond acceptors (Lipinski definition) is 6. The second-order valence-electron chi connectivity index (χ2n) is 16.0. The summed E-state index contributed by atoms with van der Waals surface area (Å²) in [5, 5.41) is 5.31. The van der Waals surface area contributed by atoms with Gasteiger partial charge in [-0.2, -0.15) is 0 Å². The monoisotopic (exact) mass is 768 g/mol. The van der Waals surface area contributed by atoms with Crippen molar-refractivity contribution in [2.75, 3.05) is 10.6 Å². The van der Waals surface area contributed by atoms with E-state index in [1.807, 2.05) is 0 Å². The fourth-order valence-corrected chi connectivity index (χ4v) is 13.9. The van der Waals surface area contributed by atoms with E-state index in [4.69, 9.17) is 0 Å². The van der Waals surface area contributed by atoms with E-state index < -0.39 is 20.0 Å². The largest absolute Gasteiger partial charge is 0.412 e. The third kappa shape index (κ3) is 9.39. The van der Waals surface area contributed by atoms with Gasteiger partial charge in [-0.15, -0.1) is 0 Å². The minimum Gasteiger partial charge on any atom is -0.412 e. The molecule has 0 spiro atoms. The molecule has 2 aromatic carbocycles. The fraction of sp³-hybridized carbons (Fsp3) is 0.611. The van der Waals surface area contributed by atoms with Crippen molar-refractivity contribution in [1.82, 2.24) is 9.44 Å². The van der Waals surface area contributed by atoms with Crippen LogP contribution >= 0.6 is 0 Å². The summed E-state index contributed by atoms with van der Waals surface area (Å²) in [6, 6.07) is 12.8. The van der Waals surface area contributed by atoms with Gasteiger partial charge in [0.1, 0.15) is 0 Å². The first kappa shape index (κ1) is 43.4. The highest BCUT2D eigenvalue weighted by molar-refractivity contribution is 7.89. The molecule has 0 aromatic heterocycles. The smallest absolute Gasteiger partial charge is 0.241 e. The van der Waals surface area contributed by atoms with Gasteiger partial charge < -0.3 is 32.5 Å². The topological polar surface area (TPSA) is 277 Å². The molecule has 0 atom stereocenters. The zero-order valence-corrected chi connectivity index (χ0v) is 31.5. The molecule has 0 heterocycles. The molecular weight excluding hydrogens is 713 g/mol. The Bertz CT molecular complexity index is 1580. The van der Waals surface area contributed by atoms with Crippen LogP contribution < -0.4 is 20.1 Å². The van der Waals surface area contributed by atoms with Crippen LogP contribution in [0.2, 0.25) is 0 Å². The Morgan fingerprint density at radius 2 is 0.712 bits per heavy atom. The van der Waals surface area contributed by atoms with Crippen LogP contribution in [-0.2, 0) is 29.6 Å². The highest BCUT2D eigenvalue weighted by Gasteiger charge is 2.53. The standard InChI is InChI=1S/2C18H24N2O3S.4H2O/c2*1-12(21)19-16-2-4-17(5-3-16)24(22,23)20-18-9-13-6-14(10-18)8-15(7-13)11-18;;;;/h2*2-5,13-15,20H,6-11H2,1H3,(H,19,21);4*1H2. The van der Waals surface area contributed by atoms with Crippen LogP contribution in [0, 0.1) is 35.5 Å². The summed E-state index contributed by atoms with van der Waals surface area (Å²) in [6.45, 7) is 2.86. The first-order valence-electron chi connectivity index (χ1n) is 17.5. The summed E-state index contributed by atoms with van der Waals surface area (Å²) in [7, 11) is -7.06. The Balaban J connectivity index is 0.000000260. The van der Waals surface area contributed by atoms with Crippen LogP contribution in [0.25, 0.3) is 0 Å². The molecule has 16 heteroatoms. The number of carbonyl (C=O) groups is 2. The van der Waals surface area contributed by atoms with Gasteiger partial charge in [0.05, 0.1) is 9.79 Å². The maximum atomic E-state index is 12.9. The van der Waals surface area contributed by atoms with Gasteiger partial charge in [-0.25, -0.2) is 26.3 Å². The number of benzene rings is 2. The molecule has 292 valence electrons. The van der Waals surface area contributed by atoms with Gasteiger partial charge in [0.25, 0.3) is 0 Å². The molecule has 8 fully saturated rings. The van der Waals surface area contributed by atoms with Crippen molar-refractivity contribution in [2.24, 2.45) is 35.5 Å². The van der Waals surface area contributed by atoms with Gasteiger partial charge in [-0.3, -0.25) is 9.59 Å². The molecule has 12 N–H and O–H groups in total. The van der Waals surface area contributed by atoms with Gasteiger partial charge >= 0.3 is 0 Å². The zero-order valence-electron chi connectivity index (χ0n) is 29.8. The third-order valence-corrected chi connectivity index (χ3v) is 14.9. The molecule has 8 aliphatic rings. The molecular formula is C36H56N4O10S2. The number of amides is 2. The predicted molar refractivity (Wildman–Crippen MR) is 198 cm³/mol. The van der Waals surface area contributed by atoms with Gasteiger partial charge in [0.15, 0.2) is 0 Å². The molecule has 8 aliphatic carbocycles. The van der Waals surface area contributed by atoms with Gasteiger partial charge in [-0.05, 0) is 161 Å². The Morgan fingerprint density at radius 1 is 0.481 bits per heavy atom. The van der Waals surface area contributed by atoms with E-state index in [0.29, 0.717) is 46.9 Å². The molecule has 10 rings (SSSR count). The minimum atomic E-state index is -3.53. The molecule has 0 aliphatic heterocycles. The highest BCUT2D eigenvalue weighted by Crippen LogP contribution is 2.57. The number of hydrogen-bond donors (Lipinski definition) is 4.